The third-order valence-corrected chi connectivity index (χ3v) is 12.1. The zero-order valence-electron chi connectivity index (χ0n) is 31.9. The largest absolute Gasteiger partial charge is 0.456 e. The van der Waals surface area contributed by atoms with Crippen LogP contribution in [0.25, 0.3) is 77.2 Å². The van der Waals surface area contributed by atoms with Crippen molar-refractivity contribution in [2.45, 2.75) is 19.3 Å². The van der Waals surface area contributed by atoms with Crippen LogP contribution in [0, 0.1) is 0 Å². The lowest BCUT2D eigenvalue weighted by Crippen LogP contribution is -2.14. The zero-order chi connectivity index (χ0) is 38.1. The molecule has 0 N–H and O–H groups in total. The summed E-state index contributed by atoms with van der Waals surface area (Å²) in [5.74, 6) is 0. The minimum Gasteiger partial charge on any atom is -0.456 e. The highest BCUT2D eigenvalue weighted by molar-refractivity contribution is 6.08. The lowest BCUT2D eigenvalue weighted by Gasteiger charge is -2.27. The van der Waals surface area contributed by atoms with E-state index >= 15 is 0 Å². The van der Waals surface area contributed by atoms with E-state index in [9.17, 15) is 0 Å². The number of benzene rings is 9. The van der Waals surface area contributed by atoms with Crippen LogP contribution in [0.2, 0.25) is 0 Å². The highest BCUT2D eigenvalue weighted by atomic mass is 16.3. The van der Waals surface area contributed by atoms with Gasteiger partial charge in [-0.05, 0) is 122 Å². The Morgan fingerprint density at radius 3 is 1.63 bits per heavy atom. The molecule has 0 saturated carbocycles. The zero-order valence-corrected chi connectivity index (χ0v) is 31.9. The Labute approximate surface area is 332 Å². The van der Waals surface area contributed by atoms with E-state index < -0.39 is 0 Å². The van der Waals surface area contributed by atoms with Gasteiger partial charge in [0.2, 0.25) is 0 Å². The summed E-state index contributed by atoms with van der Waals surface area (Å²) in [6, 6.07) is 72.7. The van der Waals surface area contributed by atoms with E-state index in [0.717, 1.165) is 44.6 Å². The van der Waals surface area contributed by atoms with Crippen molar-refractivity contribution in [3.63, 3.8) is 0 Å². The van der Waals surface area contributed by atoms with Crippen molar-refractivity contribution in [3.05, 3.63) is 211 Å². The van der Waals surface area contributed by atoms with Crippen LogP contribution in [0.3, 0.4) is 0 Å². The lowest BCUT2D eigenvalue weighted by molar-refractivity contribution is 0.660. The summed E-state index contributed by atoms with van der Waals surface area (Å²) in [6.07, 6.45) is 0. The molecule has 57 heavy (non-hydrogen) atoms. The van der Waals surface area contributed by atoms with Gasteiger partial charge in [0, 0.05) is 32.9 Å². The first kappa shape index (κ1) is 33.2. The van der Waals surface area contributed by atoms with Crippen LogP contribution in [-0.4, -0.2) is 0 Å². The Bertz CT molecular complexity index is 3140. The van der Waals surface area contributed by atoms with E-state index in [-0.39, 0.29) is 5.41 Å². The smallest absolute Gasteiger partial charge is 0.135 e. The number of hydrogen-bond donors (Lipinski definition) is 0. The molecule has 1 aliphatic rings. The van der Waals surface area contributed by atoms with Gasteiger partial charge in [0.05, 0.1) is 5.69 Å². The van der Waals surface area contributed by atoms with Crippen LogP contribution < -0.4 is 4.90 Å². The van der Waals surface area contributed by atoms with Gasteiger partial charge in [0.1, 0.15) is 11.2 Å². The van der Waals surface area contributed by atoms with E-state index in [2.05, 4.69) is 207 Å². The second-order valence-corrected chi connectivity index (χ2v) is 15.7. The number of rotatable bonds is 6. The van der Waals surface area contributed by atoms with Gasteiger partial charge in [-0.25, -0.2) is 0 Å². The maximum atomic E-state index is 6.12. The predicted octanol–water partition coefficient (Wildman–Crippen LogP) is 15.5. The molecule has 1 heterocycles. The topological polar surface area (TPSA) is 16.4 Å². The summed E-state index contributed by atoms with van der Waals surface area (Å²) in [6.45, 7) is 4.71. The number of furan rings is 1. The van der Waals surface area contributed by atoms with Crippen LogP contribution in [0.1, 0.15) is 25.0 Å². The molecule has 1 aromatic heterocycles. The Morgan fingerprint density at radius 1 is 0.351 bits per heavy atom. The van der Waals surface area contributed by atoms with Crippen LogP contribution in [0.4, 0.5) is 17.1 Å². The second kappa shape index (κ2) is 13.0. The summed E-state index contributed by atoms with van der Waals surface area (Å²) in [5.41, 5.74) is 17.8. The highest BCUT2D eigenvalue weighted by Gasteiger charge is 2.35. The first-order valence-corrected chi connectivity index (χ1v) is 19.8. The van der Waals surface area contributed by atoms with Crippen molar-refractivity contribution in [2.24, 2.45) is 0 Å². The fraction of sp³-hybridized carbons (Fsp3) is 0.0545. The van der Waals surface area contributed by atoms with Crippen LogP contribution in [0.5, 0.6) is 0 Å². The van der Waals surface area contributed by atoms with E-state index in [1.54, 1.807) is 0 Å². The van der Waals surface area contributed by atoms with Crippen molar-refractivity contribution in [1.82, 2.24) is 0 Å². The summed E-state index contributed by atoms with van der Waals surface area (Å²) >= 11 is 0. The van der Waals surface area contributed by atoms with Crippen LogP contribution >= 0.6 is 0 Å². The fourth-order valence-corrected chi connectivity index (χ4v) is 9.19. The molecule has 11 rings (SSSR count). The summed E-state index contributed by atoms with van der Waals surface area (Å²) in [7, 11) is 0. The Morgan fingerprint density at radius 2 is 0.877 bits per heavy atom. The number of anilines is 3. The van der Waals surface area contributed by atoms with E-state index in [4.69, 9.17) is 4.42 Å². The molecule has 0 aliphatic heterocycles. The third-order valence-electron chi connectivity index (χ3n) is 12.1. The molecular formula is C55H39NO. The van der Waals surface area contributed by atoms with Crippen LogP contribution in [-0.2, 0) is 5.41 Å². The maximum Gasteiger partial charge on any atom is 0.135 e. The van der Waals surface area contributed by atoms with Crippen molar-refractivity contribution < 1.29 is 4.42 Å². The molecule has 270 valence electrons. The van der Waals surface area contributed by atoms with Gasteiger partial charge < -0.3 is 9.32 Å². The average Bonchev–Trinajstić information content (AvgIpc) is 3.75. The monoisotopic (exact) mass is 729 g/mol. The Kier molecular flexibility index (Phi) is 7.55. The molecular weight excluding hydrogens is 691 g/mol. The SMILES string of the molecule is CC1(C)c2ccc(-c3ccccc3)cc2-c2cc(-c3ccc(N(c4ccccc4)c4ccc(-c5ccc6oc7ccccc7c6c5)cc4)c4ccccc34)ccc21. The number of nitrogens with zero attached hydrogens (tertiary/aromatic N) is 1. The van der Waals surface area contributed by atoms with Gasteiger partial charge in [-0.3, -0.25) is 0 Å². The van der Waals surface area contributed by atoms with E-state index in [0.29, 0.717) is 0 Å². The number of para-hydroxylation sites is 2. The minimum absolute atomic E-state index is 0.0730. The molecule has 0 radical (unpaired) electrons. The fourth-order valence-electron chi connectivity index (χ4n) is 9.19. The lowest BCUT2D eigenvalue weighted by atomic mass is 9.82. The van der Waals surface area contributed by atoms with Crippen molar-refractivity contribution in [3.8, 4) is 44.5 Å². The van der Waals surface area contributed by atoms with Gasteiger partial charge >= 0.3 is 0 Å². The first-order chi connectivity index (χ1) is 28.0. The standard InChI is InChI=1S/C55H39NO/c1-55(2)50-29-23-38(36-13-5-3-6-14-36)33-47(50)48-35-40(24-30-51(48)55)43-28-31-52(45-18-10-9-17-44(43)45)56(41-15-7-4-8-16-41)42-26-21-37(22-27-42)39-25-32-54-49(34-39)46-19-11-12-20-53(46)57-54/h3-35H,1-2H3. The van der Waals surface area contributed by atoms with Gasteiger partial charge in [-0.2, -0.15) is 0 Å². The summed E-state index contributed by atoms with van der Waals surface area (Å²) in [5, 5.41) is 4.71. The highest BCUT2D eigenvalue weighted by Crippen LogP contribution is 2.51. The summed E-state index contributed by atoms with van der Waals surface area (Å²) < 4.78 is 6.12. The molecule has 0 saturated heterocycles. The first-order valence-electron chi connectivity index (χ1n) is 19.8. The molecule has 0 atom stereocenters. The molecule has 0 amide bonds. The molecule has 10 aromatic rings. The second-order valence-electron chi connectivity index (χ2n) is 15.7. The van der Waals surface area contributed by atoms with Gasteiger partial charge in [-0.15, -0.1) is 0 Å². The number of hydrogen-bond acceptors (Lipinski definition) is 2. The molecule has 2 heteroatoms. The number of fused-ring (bicyclic) bond motifs is 7. The molecule has 0 bridgehead atoms. The summed E-state index contributed by atoms with van der Waals surface area (Å²) in [4.78, 5) is 2.38. The maximum absolute atomic E-state index is 6.12. The minimum atomic E-state index is -0.0730. The van der Waals surface area contributed by atoms with E-state index in [1.165, 1.54) is 60.8 Å². The average molecular weight is 730 g/mol. The molecule has 0 spiro atoms. The molecule has 9 aromatic carbocycles. The Hall–Kier alpha value is -7.16. The molecule has 1 aliphatic carbocycles. The van der Waals surface area contributed by atoms with Crippen LogP contribution in [0.15, 0.2) is 205 Å². The van der Waals surface area contributed by atoms with Crippen molar-refractivity contribution >= 4 is 49.8 Å². The molecule has 0 unspecified atom stereocenters. The van der Waals surface area contributed by atoms with Crippen molar-refractivity contribution in [1.29, 1.82) is 0 Å². The predicted molar refractivity (Wildman–Crippen MR) is 240 cm³/mol. The Balaban J connectivity index is 1.01. The van der Waals surface area contributed by atoms with Gasteiger partial charge in [0.15, 0.2) is 0 Å². The van der Waals surface area contributed by atoms with E-state index in [1.807, 2.05) is 12.1 Å². The van der Waals surface area contributed by atoms with Crippen molar-refractivity contribution in [2.75, 3.05) is 4.90 Å². The van der Waals surface area contributed by atoms with Gasteiger partial charge in [-0.1, -0.05) is 153 Å². The van der Waals surface area contributed by atoms with Gasteiger partial charge in [0.25, 0.3) is 0 Å². The quantitative estimate of drug-likeness (QED) is 0.169. The normalized spacial score (nSPS) is 12.9. The third kappa shape index (κ3) is 5.40. The molecule has 0 fully saturated rings. The molecule has 2 nitrogen and oxygen atoms in total.